The molecule has 4 rings (SSSR count). The van der Waals surface area contributed by atoms with Gasteiger partial charge >= 0.3 is 0 Å². The fraction of sp³-hybridized carbons (Fsp3) is 0.318. The Hall–Kier alpha value is -2.95. The van der Waals surface area contributed by atoms with Crippen molar-refractivity contribution in [3.05, 3.63) is 66.0 Å². The van der Waals surface area contributed by atoms with E-state index in [9.17, 15) is 4.79 Å². The molecule has 0 saturated carbocycles. The molecule has 5 nitrogen and oxygen atoms in total. The fourth-order valence-corrected chi connectivity index (χ4v) is 3.86. The van der Waals surface area contributed by atoms with Gasteiger partial charge in [0.2, 0.25) is 5.88 Å². The summed E-state index contributed by atoms with van der Waals surface area (Å²) < 4.78 is 5.25. The van der Waals surface area contributed by atoms with E-state index in [2.05, 4.69) is 22.1 Å². The standard InChI is InChI=1S/C22H23N3O2/c1-27-21-19(8-4-10-23-21)22(26)25-11-5-6-16(15-25)12-17-13-18-7-2-3-9-20(18)24-14-17/h2-4,7-10,13-14,16H,5-6,11-12,15H2,1H3/t16-/m1/s1. The monoisotopic (exact) mass is 361 g/mol. The van der Waals surface area contributed by atoms with Crippen molar-refractivity contribution < 1.29 is 9.53 Å². The third-order valence-electron chi connectivity index (χ3n) is 5.17. The van der Waals surface area contributed by atoms with Crippen LogP contribution in [0.5, 0.6) is 5.88 Å². The van der Waals surface area contributed by atoms with Crippen LogP contribution in [0.1, 0.15) is 28.8 Å². The number of hydrogen-bond acceptors (Lipinski definition) is 4. The van der Waals surface area contributed by atoms with Crippen molar-refractivity contribution in [2.24, 2.45) is 5.92 Å². The summed E-state index contributed by atoms with van der Waals surface area (Å²) in [6.45, 7) is 1.53. The van der Waals surface area contributed by atoms with Crippen LogP contribution in [0.2, 0.25) is 0 Å². The van der Waals surface area contributed by atoms with Gasteiger partial charge in [-0.3, -0.25) is 9.78 Å². The molecule has 3 heterocycles. The fourth-order valence-electron chi connectivity index (χ4n) is 3.86. The molecule has 5 heteroatoms. The Morgan fingerprint density at radius 3 is 3.00 bits per heavy atom. The molecule has 1 saturated heterocycles. The number of fused-ring (bicyclic) bond motifs is 1. The number of methoxy groups -OCH3 is 1. The first-order valence-corrected chi connectivity index (χ1v) is 9.36. The van der Waals surface area contributed by atoms with Crippen LogP contribution in [0.3, 0.4) is 0 Å². The van der Waals surface area contributed by atoms with E-state index < -0.39 is 0 Å². The Balaban J connectivity index is 1.48. The van der Waals surface area contributed by atoms with Gasteiger partial charge in [0, 0.05) is 30.9 Å². The highest BCUT2D eigenvalue weighted by Gasteiger charge is 2.26. The van der Waals surface area contributed by atoms with Crippen LogP contribution >= 0.6 is 0 Å². The van der Waals surface area contributed by atoms with E-state index in [1.165, 1.54) is 10.9 Å². The van der Waals surface area contributed by atoms with Gasteiger partial charge in [0.05, 0.1) is 12.6 Å². The zero-order valence-electron chi connectivity index (χ0n) is 15.5. The number of pyridine rings is 2. The number of amides is 1. The van der Waals surface area contributed by atoms with Crippen molar-refractivity contribution in [1.29, 1.82) is 0 Å². The van der Waals surface area contributed by atoms with Gasteiger partial charge < -0.3 is 9.64 Å². The van der Waals surface area contributed by atoms with Crippen LogP contribution in [0.25, 0.3) is 10.9 Å². The molecule has 0 radical (unpaired) electrons. The van der Waals surface area contributed by atoms with Gasteiger partial charge in [-0.2, -0.15) is 0 Å². The lowest BCUT2D eigenvalue weighted by molar-refractivity contribution is 0.0669. The van der Waals surface area contributed by atoms with Crippen LogP contribution in [0.4, 0.5) is 0 Å². The van der Waals surface area contributed by atoms with Crippen LogP contribution in [0.15, 0.2) is 54.9 Å². The highest BCUT2D eigenvalue weighted by molar-refractivity contribution is 5.96. The number of piperidine rings is 1. The van der Waals surface area contributed by atoms with Gasteiger partial charge in [0.25, 0.3) is 5.91 Å². The summed E-state index contributed by atoms with van der Waals surface area (Å²) in [7, 11) is 1.55. The predicted molar refractivity (Wildman–Crippen MR) is 105 cm³/mol. The number of ether oxygens (including phenoxy) is 1. The quantitative estimate of drug-likeness (QED) is 0.710. The second-order valence-electron chi connectivity index (χ2n) is 7.06. The molecule has 1 aliphatic heterocycles. The molecule has 1 fully saturated rings. The zero-order chi connectivity index (χ0) is 18.6. The first kappa shape index (κ1) is 17.5. The number of nitrogens with zero attached hydrogens (tertiary/aromatic N) is 3. The van der Waals surface area contributed by atoms with Crippen LogP contribution in [-0.2, 0) is 6.42 Å². The number of para-hydroxylation sites is 1. The molecule has 138 valence electrons. The Kier molecular flexibility index (Phi) is 5.01. The number of rotatable bonds is 4. The van der Waals surface area contributed by atoms with Crippen molar-refractivity contribution in [1.82, 2.24) is 14.9 Å². The minimum Gasteiger partial charge on any atom is -0.480 e. The number of hydrogen-bond donors (Lipinski definition) is 0. The third-order valence-corrected chi connectivity index (χ3v) is 5.17. The van der Waals surface area contributed by atoms with Gasteiger partial charge in [0.1, 0.15) is 5.56 Å². The number of carbonyl (C=O) groups excluding carboxylic acids is 1. The van der Waals surface area contributed by atoms with Crippen molar-refractivity contribution >= 4 is 16.8 Å². The van der Waals surface area contributed by atoms with Crippen molar-refractivity contribution in [3.8, 4) is 5.88 Å². The maximum absolute atomic E-state index is 12.9. The van der Waals surface area contributed by atoms with Crippen molar-refractivity contribution in [2.75, 3.05) is 20.2 Å². The summed E-state index contributed by atoms with van der Waals surface area (Å²) in [4.78, 5) is 23.6. The summed E-state index contributed by atoms with van der Waals surface area (Å²) in [5, 5.41) is 1.17. The van der Waals surface area contributed by atoms with Gasteiger partial charge in [0.15, 0.2) is 0 Å². The van der Waals surface area contributed by atoms with Crippen LogP contribution < -0.4 is 4.74 Å². The van der Waals surface area contributed by atoms with E-state index in [1.54, 1.807) is 25.4 Å². The van der Waals surface area contributed by atoms with Crippen molar-refractivity contribution in [3.63, 3.8) is 0 Å². The summed E-state index contributed by atoms with van der Waals surface area (Å²) in [5.41, 5.74) is 2.78. The number of carbonyl (C=O) groups is 1. The van der Waals surface area contributed by atoms with Gasteiger partial charge in [-0.05, 0) is 55.0 Å². The minimum absolute atomic E-state index is 0.00119. The lowest BCUT2D eigenvalue weighted by Crippen LogP contribution is -2.40. The summed E-state index contributed by atoms with van der Waals surface area (Å²) >= 11 is 0. The number of benzene rings is 1. The molecular formula is C22H23N3O2. The third kappa shape index (κ3) is 3.77. The topological polar surface area (TPSA) is 55.3 Å². The molecule has 0 N–H and O–H groups in total. The highest BCUT2D eigenvalue weighted by Crippen LogP contribution is 2.25. The van der Waals surface area contributed by atoms with Gasteiger partial charge in [-0.1, -0.05) is 18.2 Å². The largest absolute Gasteiger partial charge is 0.480 e. The maximum Gasteiger partial charge on any atom is 0.259 e. The molecule has 0 spiro atoms. The molecule has 1 aromatic carbocycles. The lowest BCUT2D eigenvalue weighted by atomic mass is 9.91. The van der Waals surface area contributed by atoms with E-state index in [-0.39, 0.29) is 5.91 Å². The van der Waals surface area contributed by atoms with E-state index in [0.717, 1.165) is 37.9 Å². The predicted octanol–water partition coefficient (Wildman–Crippen LogP) is 3.73. The smallest absolute Gasteiger partial charge is 0.259 e. The first-order valence-electron chi connectivity index (χ1n) is 9.36. The average molecular weight is 361 g/mol. The second kappa shape index (κ2) is 7.74. The Labute approximate surface area is 159 Å². The molecule has 0 bridgehead atoms. The second-order valence-corrected chi connectivity index (χ2v) is 7.06. The summed E-state index contributed by atoms with van der Waals surface area (Å²) in [6.07, 6.45) is 6.68. The Morgan fingerprint density at radius 2 is 2.11 bits per heavy atom. The first-order chi connectivity index (χ1) is 13.2. The maximum atomic E-state index is 12.9. The molecule has 0 aliphatic carbocycles. The number of likely N-dealkylation sites (tertiary alicyclic amines) is 1. The molecule has 0 unspecified atom stereocenters. The van der Waals surface area contributed by atoms with Gasteiger partial charge in [-0.25, -0.2) is 4.98 Å². The minimum atomic E-state index is 0.00119. The molecule has 1 aliphatic rings. The van der Waals surface area contributed by atoms with E-state index in [1.807, 2.05) is 29.3 Å². The average Bonchev–Trinajstić information content (AvgIpc) is 2.73. The highest BCUT2D eigenvalue weighted by atomic mass is 16.5. The van der Waals surface area contributed by atoms with E-state index in [4.69, 9.17) is 4.74 Å². The molecule has 1 amide bonds. The zero-order valence-corrected chi connectivity index (χ0v) is 15.5. The normalized spacial score (nSPS) is 17.1. The molecule has 2 aromatic heterocycles. The Morgan fingerprint density at radius 1 is 1.22 bits per heavy atom. The van der Waals surface area contributed by atoms with E-state index in [0.29, 0.717) is 17.4 Å². The molecule has 1 atom stereocenters. The molecular weight excluding hydrogens is 338 g/mol. The summed E-state index contributed by atoms with van der Waals surface area (Å²) in [5.74, 6) is 0.831. The van der Waals surface area contributed by atoms with Crippen LogP contribution in [0, 0.1) is 5.92 Å². The molecule has 3 aromatic rings. The van der Waals surface area contributed by atoms with Gasteiger partial charge in [-0.15, -0.1) is 0 Å². The molecule has 27 heavy (non-hydrogen) atoms. The van der Waals surface area contributed by atoms with Crippen molar-refractivity contribution in [2.45, 2.75) is 19.3 Å². The van der Waals surface area contributed by atoms with Crippen LogP contribution in [-0.4, -0.2) is 41.0 Å². The SMILES string of the molecule is COc1ncccc1C(=O)N1CCC[C@H](Cc2cnc3ccccc3c2)C1. The summed E-state index contributed by atoms with van der Waals surface area (Å²) in [6, 6.07) is 13.9. The number of aromatic nitrogens is 2. The van der Waals surface area contributed by atoms with E-state index >= 15 is 0 Å². The Bertz CT molecular complexity index is 957. The lowest BCUT2D eigenvalue weighted by Gasteiger charge is -2.33.